The summed E-state index contributed by atoms with van der Waals surface area (Å²) >= 11 is 24.6. The van der Waals surface area contributed by atoms with Crippen LogP contribution in [0.5, 0.6) is 5.75 Å². The average molecular weight is 592 g/mol. The molecule has 38 heavy (non-hydrogen) atoms. The molecular weight excluding hydrogens is 574 g/mol. The molecule has 0 spiro atoms. The van der Waals surface area contributed by atoms with E-state index in [1.807, 2.05) is 32.0 Å². The molecule has 7 nitrogen and oxygen atoms in total. The second kappa shape index (κ2) is 9.89. The number of fused-ring (bicyclic) bond motifs is 1. The second-order valence-electron chi connectivity index (χ2n) is 9.07. The predicted molar refractivity (Wildman–Crippen MR) is 146 cm³/mol. The fourth-order valence-corrected chi connectivity index (χ4v) is 5.59. The first-order valence-corrected chi connectivity index (χ1v) is 12.9. The van der Waals surface area contributed by atoms with Crippen molar-refractivity contribution in [1.82, 2.24) is 0 Å². The number of imide groups is 1. The molecule has 2 aliphatic heterocycles. The first-order chi connectivity index (χ1) is 18.0. The third kappa shape index (κ3) is 4.33. The molecule has 0 aliphatic carbocycles. The molecule has 2 aliphatic rings. The van der Waals surface area contributed by atoms with Crippen LogP contribution in [-0.4, -0.2) is 30.2 Å². The summed E-state index contributed by atoms with van der Waals surface area (Å²) in [7, 11) is 0. The van der Waals surface area contributed by atoms with Crippen molar-refractivity contribution >= 4 is 81.5 Å². The molecule has 3 aromatic rings. The molecule has 1 fully saturated rings. The van der Waals surface area contributed by atoms with E-state index in [-0.39, 0.29) is 61.5 Å². The predicted octanol–water partition coefficient (Wildman–Crippen LogP) is 6.68. The lowest BCUT2D eigenvalue weighted by Crippen LogP contribution is -2.29. The first kappa shape index (κ1) is 26.5. The van der Waals surface area contributed by atoms with Crippen LogP contribution in [0.1, 0.15) is 38.3 Å². The number of amides is 3. The van der Waals surface area contributed by atoms with Crippen molar-refractivity contribution in [2.24, 2.45) is 5.92 Å². The van der Waals surface area contributed by atoms with Crippen LogP contribution < -0.4 is 14.5 Å². The fourth-order valence-electron chi connectivity index (χ4n) is 4.58. The van der Waals surface area contributed by atoms with E-state index in [0.717, 1.165) is 21.7 Å². The van der Waals surface area contributed by atoms with E-state index in [2.05, 4.69) is 0 Å². The van der Waals surface area contributed by atoms with Crippen LogP contribution in [0, 0.1) is 19.8 Å². The normalized spacial score (nSPS) is 16.9. The van der Waals surface area contributed by atoms with Gasteiger partial charge in [-0.3, -0.25) is 19.2 Å². The van der Waals surface area contributed by atoms with Gasteiger partial charge < -0.3 is 9.64 Å². The minimum absolute atomic E-state index is 0.00281. The van der Waals surface area contributed by atoms with E-state index in [4.69, 9.17) is 51.1 Å². The monoisotopic (exact) mass is 590 g/mol. The van der Waals surface area contributed by atoms with E-state index in [0.29, 0.717) is 0 Å². The molecule has 0 bridgehead atoms. The van der Waals surface area contributed by atoms with Gasteiger partial charge in [-0.2, -0.15) is 0 Å². The maximum Gasteiger partial charge on any atom is 0.316 e. The summed E-state index contributed by atoms with van der Waals surface area (Å²) in [5.74, 6) is -2.86. The van der Waals surface area contributed by atoms with Gasteiger partial charge in [-0.1, -0.05) is 64.6 Å². The molecule has 0 aromatic heterocycles. The van der Waals surface area contributed by atoms with Crippen molar-refractivity contribution in [3.05, 3.63) is 84.8 Å². The largest absolute Gasteiger partial charge is 0.426 e. The zero-order valence-electron chi connectivity index (χ0n) is 20.0. The summed E-state index contributed by atoms with van der Waals surface area (Å²) in [5, 5.41) is -0.634. The third-order valence-corrected chi connectivity index (χ3v) is 8.31. The molecule has 0 N–H and O–H groups in total. The lowest BCUT2D eigenvalue weighted by molar-refractivity contribution is -0.139. The molecule has 1 atom stereocenters. The highest BCUT2D eigenvalue weighted by Gasteiger charge is 2.43. The average Bonchev–Trinajstić information content (AvgIpc) is 3.39. The van der Waals surface area contributed by atoms with Crippen molar-refractivity contribution in [2.45, 2.75) is 20.3 Å². The van der Waals surface area contributed by atoms with Gasteiger partial charge in [0.05, 0.1) is 42.8 Å². The van der Waals surface area contributed by atoms with Crippen molar-refractivity contribution in [3.63, 3.8) is 0 Å². The Morgan fingerprint density at radius 3 is 2.13 bits per heavy atom. The summed E-state index contributed by atoms with van der Waals surface area (Å²) in [6.45, 7) is 4.01. The molecular formula is C27H18Cl4N2O5. The highest BCUT2D eigenvalue weighted by Crippen LogP contribution is 2.46. The van der Waals surface area contributed by atoms with Crippen LogP contribution in [0.3, 0.4) is 0 Å². The quantitative estimate of drug-likeness (QED) is 0.111. The van der Waals surface area contributed by atoms with Gasteiger partial charge in [0.25, 0.3) is 11.8 Å². The Bertz CT molecular complexity index is 1520. The zero-order valence-corrected chi connectivity index (χ0v) is 23.0. The van der Waals surface area contributed by atoms with Crippen LogP contribution in [0.4, 0.5) is 11.4 Å². The molecule has 5 rings (SSSR count). The lowest BCUT2D eigenvalue weighted by atomic mass is 10.1. The van der Waals surface area contributed by atoms with Gasteiger partial charge >= 0.3 is 5.97 Å². The molecule has 0 unspecified atom stereocenters. The number of hydrogen-bond acceptors (Lipinski definition) is 5. The van der Waals surface area contributed by atoms with E-state index in [1.54, 1.807) is 4.90 Å². The summed E-state index contributed by atoms with van der Waals surface area (Å²) in [4.78, 5) is 54.4. The Morgan fingerprint density at radius 1 is 0.868 bits per heavy atom. The van der Waals surface area contributed by atoms with Crippen molar-refractivity contribution in [1.29, 1.82) is 0 Å². The Hall–Kier alpha value is -3.10. The smallest absolute Gasteiger partial charge is 0.316 e. The fraction of sp³-hybridized carbons (Fsp3) is 0.185. The minimum atomic E-state index is -0.746. The Labute approximate surface area is 237 Å². The number of rotatable bonds is 4. The van der Waals surface area contributed by atoms with Gasteiger partial charge in [0, 0.05) is 24.7 Å². The minimum Gasteiger partial charge on any atom is -0.426 e. The van der Waals surface area contributed by atoms with E-state index < -0.39 is 23.7 Å². The Balaban J connectivity index is 1.37. The van der Waals surface area contributed by atoms with Gasteiger partial charge in [-0.25, -0.2) is 4.90 Å². The van der Waals surface area contributed by atoms with Gasteiger partial charge in [0.15, 0.2) is 0 Å². The van der Waals surface area contributed by atoms with Crippen LogP contribution >= 0.6 is 46.4 Å². The molecule has 2 heterocycles. The molecule has 1 saturated heterocycles. The summed E-state index contributed by atoms with van der Waals surface area (Å²) in [6, 6.07) is 11.7. The second-order valence-corrected chi connectivity index (χ2v) is 10.6. The number of halogens is 4. The maximum atomic E-state index is 13.2. The van der Waals surface area contributed by atoms with Crippen molar-refractivity contribution in [2.75, 3.05) is 16.3 Å². The number of aryl methyl sites for hydroxylation is 2. The topological polar surface area (TPSA) is 84.0 Å². The first-order valence-electron chi connectivity index (χ1n) is 11.4. The molecule has 194 valence electrons. The molecule has 11 heteroatoms. The number of hydrogen-bond donors (Lipinski definition) is 0. The number of carbonyl (C=O) groups is 4. The summed E-state index contributed by atoms with van der Waals surface area (Å²) < 4.78 is 5.56. The summed E-state index contributed by atoms with van der Waals surface area (Å²) in [6.07, 6.45) is 0.00281. The highest BCUT2D eigenvalue weighted by molar-refractivity contribution is 6.56. The SMILES string of the molecule is Cc1ccc(C)c(N2C[C@@H](C(=O)Oc3cccc(N4C(=O)c5c(Cl)c(Cl)c(Cl)c(Cl)c5C4=O)c3)CC2=O)c1. The summed E-state index contributed by atoms with van der Waals surface area (Å²) in [5.41, 5.74) is 2.50. The Kier molecular flexibility index (Phi) is 6.90. The van der Waals surface area contributed by atoms with Gasteiger partial charge in [-0.15, -0.1) is 0 Å². The number of ether oxygens (including phenoxy) is 1. The van der Waals surface area contributed by atoms with Crippen molar-refractivity contribution < 1.29 is 23.9 Å². The number of anilines is 2. The molecule has 3 amide bonds. The van der Waals surface area contributed by atoms with Gasteiger partial charge in [-0.05, 0) is 43.2 Å². The number of benzene rings is 3. The van der Waals surface area contributed by atoms with E-state index >= 15 is 0 Å². The maximum absolute atomic E-state index is 13.2. The number of nitrogens with zero attached hydrogens (tertiary/aromatic N) is 2. The van der Waals surface area contributed by atoms with Gasteiger partial charge in [0.2, 0.25) is 5.91 Å². The Morgan fingerprint density at radius 2 is 1.50 bits per heavy atom. The van der Waals surface area contributed by atoms with E-state index in [9.17, 15) is 19.2 Å². The van der Waals surface area contributed by atoms with Gasteiger partial charge in [0.1, 0.15) is 5.75 Å². The number of carbonyl (C=O) groups excluding carboxylic acids is 4. The van der Waals surface area contributed by atoms with Crippen LogP contribution in [-0.2, 0) is 9.59 Å². The molecule has 0 saturated carbocycles. The lowest BCUT2D eigenvalue weighted by Gasteiger charge is -2.19. The number of esters is 1. The van der Waals surface area contributed by atoms with Crippen LogP contribution in [0.25, 0.3) is 0 Å². The van der Waals surface area contributed by atoms with Crippen molar-refractivity contribution in [3.8, 4) is 5.75 Å². The zero-order chi connectivity index (χ0) is 27.5. The molecule has 3 aromatic carbocycles. The third-order valence-electron chi connectivity index (χ3n) is 6.51. The van der Waals surface area contributed by atoms with Crippen LogP contribution in [0.15, 0.2) is 42.5 Å². The standard InChI is InChI=1S/C27H18Cl4N2O5/c1-12-6-7-13(2)17(8-12)32-11-14(9-18(32)34)27(37)38-16-5-3-4-15(10-16)33-25(35)19-20(26(33)36)22(29)24(31)23(30)21(19)28/h3-8,10,14H,9,11H2,1-2H3/t14-/m0/s1. The highest BCUT2D eigenvalue weighted by atomic mass is 35.5. The molecule has 0 radical (unpaired) electrons. The van der Waals surface area contributed by atoms with Crippen LogP contribution in [0.2, 0.25) is 20.1 Å². The van der Waals surface area contributed by atoms with E-state index in [1.165, 1.54) is 24.3 Å².